The molecule has 2 rings (SSSR count). The van der Waals surface area contributed by atoms with Crippen molar-refractivity contribution in [3.63, 3.8) is 0 Å². The van der Waals surface area contributed by atoms with Gasteiger partial charge in [-0.3, -0.25) is 9.69 Å². The van der Waals surface area contributed by atoms with Crippen LogP contribution in [0.2, 0.25) is 13.1 Å². The van der Waals surface area contributed by atoms with Gasteiger partial charge in [-0.2, -0.15) is 0 Å². The van der Waals surface area contributed by atoms with Gasteiger partial charge in [-0.25, -0.2) is 0 Å². The monoisotopic (exact) mass is 447 g/mol. The average molecular weight is 448 g/mol. The molecular weight excluding hydrogens is 410 g/mol. The summed E-state index contributed by atoms with van der Waals surface area (Å²) in [5.74, 6) is 7.27. The first-order valence-electron chi connectivity index (χ1n) is 11.4. The Kier molecular flexibility index (Phi) is 9.96. The van der Waals surface area contributed by atoms with Crippen LogP contribution >= 0.6 is 0 Å². The number of aldehydes is 1. The number of rotatable bonds is 10. The summed E-state index contributed by atoms with van der Waals surface area (Å²) in [5.41, 5.74) is 3.16. The molecule has 0 aliphatic carbocycles. The fraction of sp³-hybridized carbons (Fsp3) is 0.393. The summed E-state index contributed by atoms with van der Waals surface area (Å²) < 4.78 is 6.46. The van der Waals surface area contributed by atoms with E-state index in [2.05, 4.69) is 81.8 Å². The second-order valence-corrected chi connectivity index (χ2v) is 12.6. The fourth-order valence-corrected chi connectivity index (χ4v) is 4.72. The summed E-state index contributed by atoms with van der Waals surface area (Å²) >= 11 is 0. The number of benzene rings is 2. The summed E-state index contributed by atoms with van der Waals surface area (Å²) in [6, 6.07) is 16.2. The maximum Gasteiger partial charge on any atom is 0.150 e. The van der Waals surface area contributed by atoms with Crippen LogP contribution in [0.5, 0.6) is 5.75 Å². The highest BCUT2D eigenvalue weighted by Crippen LogP contribution is 2.26. The van der Waals surface area contributed by atoms with Crippen molar-refractivity contribution in [2.75, 3.05) is 13.1 Å². The summed E-state index contributed by atoms with van der Waals surface area (Å²) in [6.07, 6.45) is 4.97. The van der Waals surface area contributed by atoms with Crippen molar-refractivity contribution >= 4 is 15.1 Å². The third kappa shape index (κ3) is 8.86. The SMILES string of the molecule is CCN(C/C=C/C#CC(C)(C)C)Cc1cccc(OC(c2ccc(C=O)cc2)[SiH](C)C)c1. The second kappa shape index (κ2) is 12.4. The number of hydrogen-bond donors (Lipinski definition) is 0. The normalized spacial score (nSPS) is 12.6. The summed E-state index contributed by atoms with van der Waals surface area (Å²) in [4.78, 5) is 13.3. The van der Waals surface area contributed by atoms with Gasteiger partial charge in [0.05, 0.1) is 8.80 Å². The number of ether oxygens (including phenoxy) is 1. The first-order valence-corrected chi connectivity index (χ1v) is 14.4. The lowest BCUT2D eigenvalue weighted by molar-refractivity contribution is 0.112. The largest absolute Gasteiger partial charge is 0.490 e. The van der Waals surface area contributed by atoms with Crippen LogP contribution in [0.4, 0.5) is 0 Å². The van der Waals surface area contributed by atoms with Crippen molar-refractivity contribution in [2.24, 2.45) is 5.41 Å². The Balaban J connectivity index is 2.06. The molecule has 0 bridgehead atoms. The van der Waals surface area contributed by atoms with E-state index in [9.17, 15) is 4.79 Å². The maximum atomic E-state index is 11.0. The van der Waals surface area contributed by atoms with E-state index >= 15 is 0 Å². The van der Waals surface area contributed by atoms with Crippen molar-refractivity contribution in [1.82, 2.24) is 4.90 Å². The highest BCUT2D eigenvalue weighted by atomic mass is 28.3. The molecule has 0 heterocycles. The van der Waals surface area contributed by atoms with Gasteiger partial charge in [0.1, 0.15) is 17.8 Å². The van der Waals surface area contributed by atoms with E-state index in [1.807, 2.05) is 36.4 Å². The Labute approximate surface area is 196 Å². The molecule has 0 aliphatic heterocycles. The predicted molar refractivity (Wildman–Crippen MR) is 138 cm³/mol. The van der Waals surface area contributed by atoms with Crippen LogP contribution < -0.4 is 4.74 Å². The number of nitrogens with zero attached hydrogens (tertiary/aromatic N) is 1. The molecule has 0 saturated carbocycles. The highest BCUT2D eigenvalue weighted by Gasteiger charge is 2.19. The molecule has 0 amide bonds. The molecule has 0 radical (unpaired) electrons. The third-order valence-electron chi connectivity index (χ3n) is 5.03. The van der Waals surface area contributed by atoms with Gasteiger partial charge >= 0.3 is 0 Å². The van der Waals surface area contributed by atoms with Gasteiger partial charge in [-0.05, 0) is 56.7 Å². The molecule has 0 aliphatic rings. The topological polar surface area (TPSA) is 29.5 Å². The molecule has 0 aromatic heterocycles. The zero-order chi connectivity index (χ0) is 23.6. The van der Waals surface area contributed by atoms with Crippen molar-refractivity contribution < 1.29 is 9.53 Å². The molecule has 2 aromatic rings. The standard InChI is InChI=1S/C28H37NO2Si/c1-7-29(19-10-8-9-18-28(2,3)4)21-24-12-11-13-26(20-24)31-27(32(5)6)25-16-14-23(22-30)15-17-25/h8,10-17,20,22,27,32H,7,19,21H2,1-6H3/b10-8+. The minimum Gasteiger partial charge on any atom is -0.490 e. The van der Waals surface area contributed by atoms with E-state index in [-0.39, 0.29) is 11.1 Å². The molecule has 4 heteroatoms. The van der Waals surface area contributed by atoms with Crippen LogP contribution in [-0.4, -0.2) is 33.1 Å². The number of likely N-dealkylation sites (N-methyl/N-ethyl adjacent to an activating group) is 1. The van der Waals surface area contributed by atoms with Crippen LogP contribution in [0, 0.1) is 17.3 Å². The van der Waals surface area contributed by atoms with Gasteiger partial charge in [-0.15, -0.1) is 0 Å². The Hall–Kier alpha value is -2.61. The molecule has 32 heavy (non-hydrogen) atoms. The van der Waals surface area contributed by atoms with Crippen LogP contribution in [0.3, 0.4) is 0 Å². The van der Waals surface area contributed by atoms with Gasteiger partial charge in [0.2, 0.25) is 0 Å². The molecule has 3 nitrogen and oxygen atoms in total. The molecule has 0 spiro atoms. The van der Waals surface area contributed by atoms with E-state index in [0.717, 1.165) is 37.2 Å². The first kappa shape index (κ1) is 25.6. The van der Waals surface area contributed by atoms with E-state index < -0.39 is 8.80 Å². The first-order chi connectivity index (χ1) is 15.2. The fourth-order valence-electron chi connectivity index (χ4n) is 3.30. The van der Waals surface area contributed by atoms with Crippen LogP contribution in [0.1, 0.15) is 54.9 Å². The summed E-state index contributed by atoms with van der Waals surface area (Å²) in [6.45, 7) is 15.8. The van der Waals surface area contributed by atoms with Gasteiger partial charge < -0.3 is 4.74 Å². The average Bonchev–Trinajstić information content (AvgIpc) is 2.76. The van der Waals surface area contributed by atoms with Crippen molar-refractivity contribution in [1.29, 1.82) is 0 Å². The van der Waals surface area contributed by atoms with Crippen molar-refractivity contribution in [3.8, 4) is 17.6 Å². The van der Waals surface area contributed by atoms with Crippen LogP contribution in [0.25, 0.3) is 0 Å². The van der Waals surface area contributed by atoms with Gasteiger partial charge in [-0.1, -0.05) is 74.3 Å². The molecule has 0 saturated heterocycles. The highest BCUT2D eigenvalue weighted by molar-refractivity contribution is 6.57. The van der Waals surface area contributed by atoms with E-state index in [0.29, 0.717) is 5.56 Å². The number of allylic oxidation sites excluding steroid dienone is 1. The summed E-state index contributed by atoms with van der Waals surface area (Å²) in [7, 11) is -1.13. The van der Waals surface area contributed by atoms with Crippen LogP contribution in [0.15, 0.2) is 60.7 Å². The zero-order valence-electron chi connectivity index (χ0n) is 20.4. The van der Waals surface area contributed by atoms with Crippen molar-refractivity contribution in [2.45, 2.75) is 53.1 Å². The summed E-state index contributed by atoms with van der Waals surface area (Å²) in [5, 5.41) is 0. The Morgan fingerprint density at radius 3 is 2.44 bits per heavy atom. The van der Waals surface area contributed by atoms with E-state index in [1.165, 1.54) is 5.56 Å². The van der Waals surface area contributed by atoms with Gasteiger partial charge in [0, 0.05) is 24.1 Å². The molecule has 170 valence electrons. The number of hydrogen-bond acceptors (Lipinski definition) is 3. The van der Waals surface area contributed by atoms with Gasteiger partial charge in [0.15, 0.2) is 0 Å². The minimum atomic E-state index is -1.13. The van der Waals surface area contributed by atoms with E-state index in [1.54, 1.807) is 0 Å². The van der Waals surface area contributed by atoms with E-state index in [4.69, 9.17) is 4.74 Å². The lowest BCUT2D eigenvalue weighted by Gasteiger charge is -2.24. The van der Waals surface area contributed by atoms with Crippen molar-refractivity contribution in [3.05, 3.63) is 77.4 Å². The minimum absolute atomic E-state index is 0.0302. The number of carbonyl (C=O) groups is 1. The molecule has 2 aromatic carbocycles. The molecule has 0 fully saturated rings. The quantitative estimate of drug-likeness (QED) is 0.251. The molecule has 0 N–H and O–H groups in total. The zero-order valence-corrected chi connectivity index (χ0v) is 21.5. The smallest absolute Gasteiger partial charge is 0.150 e. The molecular formula is C28H37NO2Si. The predicted octanol–water partition coefficient (Wildman–Crippen LogP) is 6.07. The second-order valence-electron chi connectivity index (χ2n) is 9.46. The van der Waals surface area contributed by atoms with Crippen LogP contribution in [-0.2, 0) is 6.54 Å². The Morgan fingerprint density at radius 2 is 1.84 bits per heavy atom. The lowest BCUT2D eigenvalue weighted by Crippen LogP contribution is -2.23. The molecule has 1 atom stereocenters. The Bertz CT molecular complexity index is 946. The third-order valence-corrected chi connectivity index (χ3v) is 6.77. The number of carbonyl (C=O) groups excluding carboxylic acids is 1. The maximum absolute atomic E-state index is 11.0. The molecule has 1 unspecified atom stereocenters. The lowest BCUT2D eigenvalue weighted by atomic mass is 9.98. The Morgan fingerprint density at radius 1 is 1.12 bits per heavy atom. The van der Waals surface area contributed by atoms with Gasteiger partial charge in [0.25, 0.3) is 0 Å².